The first kappa shape index (κ1) is 18.5. The number of benzene rings is 3. The van der Waals surface area contributed by atoms with E-state index in [9.17, 15) is 9.59 Å². The number of carbonyl (C=O) groups excluding carboxylic acids is 2. The molecular weight excluding hydrogens is 393 g/mol. The Balaban J connectivity index is 1.79. The van der Waals surface area contributed by atoms with Crippen molar-refractivity contribution in [2.45, 2.75) is 6.04 Å². The Morgan fingerprint density at radius 1 is 0.786 bits per heavy atom. The van der Waals surface area contributed by atoms with Crippen molar-refractivity contribution < 1.29 is 9.59 Å². The first-order valence-corrected chi connectivity index (χ1v) is 9.46. The Kier molecular flexibility index (Phi) is 5.03. The lowest BCUT2D eigenvalue weighted by molar-refractivity contribution is -0.114. The highest BCUT2D eigenvalue weighted by molar-refractivity contribution is 6.52. The molecule has 1 aliphatic rings. The summed E-state index contributed by atoms with van der Waals surface area (Å²) in [5.74, 6) is -1.03. The molecule has 0 saturated heterocycles. The maximum atomic E-state index is 12.8. The van der Waals surface area contributed by atoms with E-state index >= 15 is 0 Å². The summed E-state index contributed by atoms with van der Waals surface area (Å²) in [4.78, 5) is 26.8. The topological polar surface area (TPSA) is 37.4 Å². The van der Waals surface area contributed by atoms with E-state index in [0.717, 1.165) is 11.1 Å². The quantitative estimate of drug-likeness (QED) is 0.499. The highest BCUT2D eigenvalue weighted by Gasteiger charge is 2.39. The van der Waals surface area contributed by atoms with Gasteiger partial charge in [-0.2, -0.15) is 0 Å². The molecule has 0 spiro atoms. The minimum absolute atomic E-state index is 0.423. The van der Waals surface area contributed by atoms with Gasteiger partial charge in [-0.3, -0.25) is 14.5 Å². The summed E-state index contributed by atoms with van der Waals surface area (Å²) < 4.78 is 0. The zero-order valence-electron chi connectivity index (χ0n) is 14.7. The van der Waals surface area contributed by atoms with E-state index in [1.807, 2.05) is 42.5 Å². The van der Waals surface area contributed by atoms with Gasteiger partial charge in [0, 0.05) is 10.0 Å². The van der Waals surface area contributed by atoms with Gasteiger partial charge in [0.15, 0.2) is 0 Å². The number of Topliss-reactive ketones (excluding diaryl/α,β-unsaturated/α-hetero) is 1. The minimum atomic E-state index is -0.540. The maximum absolute atomic E-state index is 12.8. The molecule has 0 bridgehead atoms. The van der Waals surface area contributed by atoms with Crippen LogP contribution in [-0.4, -0.2) is 11.7 Å². The van der Waals surface area contributed by atoms with Crippen LogP contribution in [0.4, 0.5) is 5.69 Å². The van der Waals surface area contributed by atoms with Crippen LogP contribution in [-0.2, 0) is 4.79 Å². The van der Waals surface area contributed by atoms with E-state index < -0.39 is 17.7 Å². The number of amides is 1. The average Bonchev–Trinajstić information content (AvgIpc) is 2.96. The predicted molar refractivity (Wildman–Crippen MR) is 113 cm³/mol. The van der Waals surface area contributed by atoms with Crippen molar-refractivity contribution in [3.63, 3.8) is 0 Å². The lowest BCUT2D eigenvalue weighted by Crippen LogP contribution is -2.33. The molecule has 0 unspecified atom stereocenters. The third-order valence-corrected chi connectivity index (χ3v) is 5.16. The molecule has 0 N–H and O–H groups in total. The van der Waals surface area contributed by atoms with Crippen molar-refractivity contribution in [2.75, 3.05) is 4.90 Å². The molecule has 0 saturated carbocycles. The Hall–Kier alpha value is -2.88. The molecule has 0 radical (unpaired) electrons. The summed E-state index contributed by atoms with van der Waals surface area (Å²) >= 11 is 12.0. The third kappa shape index (κ3) is 3.47. The second-order valence-corrected chi connectivity index (χ2v) is 7.30. The van der Waals surface area contributed by atoms with Gasteiger partial charge >= 0.3 is 0 Å². The Labute approximate surface area is 172 Å². The fraction of sp³-hybridized carbons (Fsp3) is 0.0435. The summed E-state index contributed by atoms with van der Waals surface area (Å²) in [6.45, 7) is 0. The molecule has 0 aliphatic carbocycles. The number of nitrogens with zero attached hydrogens (tertiary/aromatic N) is 1. The molecule has 4 rings (SSSR count). The molecule has 3 aromatic carbocycles. The van der Waals surface area contributed by atoms with E-state index in [-0.39, 0.29) is 0 Å². The standard InChI is InChI=1S/C23H15Cl2NO2/c24-17-10-5-15(6-11-17)7-14-20(16-8-12-18(25)13-9-16)26-21-4-2-1-3-19(21)22(27)23(26)28/h1-14,20H/b14-7+/t20-/m0/s1. The largest absolute Gasteiger partial charge is 0.300 e. The number of hydrogen-bond acceptors (Lipinski definition) is 2. The summed E-state index contributed by atoms with van der Waals surface area (Å²) in [6, 6.07) is 21.2. The van der Waals surface area contributed by atoms with E-state index in [4.69, 9.17) is 23.2 Å². The zero-order chi connectivity index (χ0) is 19.7. The smallest absolute Gasteiger partial charge is 0.294 e. The molecule has 1 heterocycles. The van der Waals surface area contributed by atoms with Gasteiger partial charge in [-0.25, -0.2) is 0 Å². The number of fused-ring (bicyclic) bond motifs is 1. The predicted octanol–water partition coefficient (Wildman–Crippen LogP) is 5.98. The van der Waals surface area contributed by atoms with Crippen LogP contribution in [0.15, 0.2) is 78.9 Å². The van der Waals surface area contributed by atoms with Crippen molar-refractivity contribution in [2.24, 2.45) is 0 Å². The molecule has 5 heteroatoms. The minimum Gasteiger partial charge on any atom is -0.294 e. The van der Waals surface area contributed by atoms with E-state index in [2.05, 4.69) is 0 Å². The monoisotopic (exact) mass is 407 g/mol. The van der Waals surface area contributed by atoms with Crippen LogP contribution in [0.5, 0.6) is 0 Å². The van der Waals surface area contributed by atoms with Crippen molar-refractivity contribution >= 4 is 46.7 Å². The Morgan fingerprint density at radius 3 is 2.07 bits per heavy atom. The number of rotatable bonds is 4. The third-order valence-electron chi connectivity index (χ3n) is 4.65. The van der Waals surface area contributed by atoms with Crippen molar-refractivity contribution in [1.29, 1.82) is 0 Å². The van der Waals surface area contributed by atoms with Gasteiger partial charge in [-0.05, 0) is 47.5 Å². The van der Waals surface area contributed by atoms with Crippen LogP contribution in [0.2, 0.25) is 10.0 Å². The fourth-order valence-corrected chi connectivity index (χ4v) is 3.52. The van der Waals surface area contributed by atoms with Crippen molar-refractivity contribution in [3.05, 3.63) is 106 Å². The highest BCUT2D eigenvalue weighted by Crippen LogP contribution is 2.37. The average molecular weight is 408 g/mol. The molecule has 0 aromatic heterocycles. The Bertz CT molecular complexity index is 1070. The molecule has 3 aromatic rings. The summed E-state index contributed by atoms with van der Waals surface area (Å²) in [5.41, 5.74) is 2.83. The van der Waals surface area contributed by atoms with Gasteiger partial charge in [-0.1, -0.05) is 71.8 Å². The van der Waals surface area contributed by atoms with Crippen LogP contribution >= 0.6 is 23.2 Å². The number of para-hydroxylation sites is 1. The van der Waals surface area contributed by atoms with E-state index in [1.54, 1.807) is 42.5 Å². The second-order valence-electron chi connectivity index (χ2n) is 6.43. The molecule has 1 amide bonds. The highest BCUT2D eigenvalue weighted by atomic mass is 35.5. The summed E-state index contributed by atoms with van der Waals surface area (Å²) in [5, 5.41) is 1.26. The van der Waals surface area contributed by atoms with Crippen LogP contribution < -0.4 is 4.90 Å². The van der Waals surface area contributed by atoms with Crippen molar-refractivity contribution in [1.82, 2.24) is 0 Å². The van der Waals surface area contributed by atoms with Gasteiger partial charge < -0.3 is 0 Å². The summed E-state index contributed by atoms with van der Waals surface area (Å²) in [6.07, 6.45) is 3.81. The van der Waals surface area contributed by atoms with Gasteiger partial charge in [0.25, 0.3) is 11.7 Å². The van der Waals surface area contributed by atoms with E-state index in [1.165, 1.54) is 4.90 Å². The lowest BCUT2D eigenvalue weighted by atomic mass is 10.0. The summed E-state index contributed by atoms with van der Waals surface area (Å²) in [7, 11) is 0. The Morgan fingerprint density at radius 2 is 1.39 bits per heavy atom. The van der Waals surface area contributed by atoms with Crippen LogP contribution in [0.3, 0.4) is 0 Å². The van der Waals surface area contributed by atoms with Crippen LogP contribution in [0.1, 0.15) is 27.5 Å². The first-order chi connectivity index (χ1) is 13.5. The van der Waals surface area contributed by atoms with Gasteiger partial charge in [-0.15, -0.1) is 0 Å². The lowest BCUT2D eigenvalue weighted by Gasteiger charge is -2.26. The number of carbonyl (C=O) groups is 2. The van der Waals surface area contributed by atoms with Crippen LogP contribution in [0.25, 0.3) is 6.08 Å². The molecule has 1 atom stereocenters. The van der Waals surface area contributed by atoms with E-state index in [0.29, 0.717) is 21.3 Å². The molecule has 1 aliphatic heterocycles. The fourth-order valence-electron chi connectivity index (χ4n) is 3.27. The van der Waals surface area contributed by atoms with Crippen LogP contribution in [0, 0.1) is 0 Å². The maximum Gasteiger partial charge on any atom is 0.300 e. The molecule has 138 valence electrons. The van der Waals surface area contributed by atoms with Gasteiger partial charge in [0.2, 0.25) is 0 Å². The molecule has 0 fully saturated rings. The second kappa shape index (κ2) is 7.63. The molecular formula is C23H15Cl2NO2. The van der Waals surface area contributed by atoms with Gasteiger partial charge in [0.05, 0.1) is 17.3 Å². The van der Waals surface area contributed by atoms with Crippen molar-refractivity contribution in [3.8, 4) is 0 Å². The number of halogens is 2. The first-order valence-electron chi connectivity index (χ1n) is 8.71. The molecule has 3 nitrogen and oxygen atoms in total. The SMILES string of the molecule is O=C1C(=O)N([C@@H](/C=C/c2ccc(Cl)cc2)c2ccc(Cl)cc2)c2ccccc21. The van der Waals surface area contributed by atoms with Gasteiger partial charge in [0.1, 0.15) is 0 Å². The number of ketones is 1. The normalized spacial score (nSPS) is 14.6. The number of anilines is 1. The molecule has 28 heavy (non-hydrogen) atoms. The zero-order valence-corrected chi connectivity index (χ0v) is 16.2. The number of hydrogen-bond donors (Lipinski definition) is 0.